The van der Waals surface area contributed by atoms with Gasteiger partial charge in [0.2, 0.25) is 5.91 Å². The summed E-state index contributed by atoms with van der Waals surface area (Å²) in [5, 5.41) is 5.57. The molecule has 4 nitrogen and oxygen atoms in total. The van der Waals surface area contributed by atoms with Crippen LogP contribution in [0.1, 0.15) is 18.4 Å². The van der Waals surface area contributed by atoms with Crippen LogP contribution in [0.5, 0.6) is 5.75 Å². The van der Waals surface area contributed by atoms with Gasteiger partial charge in [-0.25, -0.2) is 0 Å². The first-order valence-corrected chi connectivity index (χ1v) is 9.88. The van der Waals surface area contributed by atoms with E-state index in [1.807, 2.05) is 42.5 Å². The Bertz CT molecular complexity index is 964. The molecule has 3 aromatic carbocycles. The van der Waals surface area contributed by atoms with Crippen LogP contribution in [0.25, 0.3) is 10.8 Å². The van der Waals surface area contributed by atoms with Crippen LogP contribution in [0, 0.1) is 0 Å². The second-order valence-electron chi connectivity index (χ2n) is 7.34. The number of fused-ring (bicyclic) bond motifs is 1. The molecule has 4 heteroatoms. The van der Waals surface area contributed by atoms with Gasteiger partial charge < -0.3 is 15.0 Å². The zero-order valence-electron chi connectivity index (χ0n) is 16.2. The van der Waals surface area contributed by atoms with Crippen LogP contribution in [-0.2, 0) is 11.2 Å². The first-order chi connectivity index (χ1) is 13.7. The molecule has 1 heterocycles. The molecule has 0 saturated carbocycles. The lowest BCUT2D eigenvalue weighted by molar-refractivity contribution is -0.121. The molecular weight excluding hydrogens is 348 g/mol. The molecule has 1 aliphatic rings. The number of carbonyl (C=O) groups is 1. The topological polar surface area (TPSA) is 41.6 Å². The summed E-state index contributed by atoms with van der Waals surface area (Å²) in [6, 6.07) is 22.6. The monoisotopic (exact) mass is 374 g/mol. The Labute approximate surface area is 166 Å². The van der Waals surface area contributed by atoms with Crippen LogP contribution >= 0.6 is 0 Å². The van der Waals surface area contributed by atoms with E-state index >= 15 is 0 Å². The van der Waals surface area contributed by atoms with E-state index in [-0.39, 0.29) is 11.9 Å². The number of rotatable bonds is 5. The maximum Gasteiger partial charge on any atom is 0.224 e. The minimum atomic E-state index is 0.0863. The summed E-state index contributed by atoms with van der Waals surface area (Å²) in [5.74, 6) is 0.966. The van der Waals surface area contributed by atoms with Gasteiger partial charge in [0, 0.05) is 19.1 Å². The number of carbonyl (C=O) groups excluding carboxylic acids is 1. The molecule has 144 valence electrons. The lowest BCUT2D eigenvalue weighted by atomic mass is 10.0. The molecule has 0 aromatic heterocycles. The predicted molar refractivity (Wildman–Crippen MR) is 114 cm³/mol. The van der Waals surface area contributed by atoms with Crippen LogP contribution < -0.4 is 15.0 Å². The zero-order valence-corrected chi connectivity index (χ0v) is 16.2. The molecule has 0 radical (unpaired) electrons. The van der Waals surface area contributed by atoms with E-state index in [2.05, 4.69) is 34.5 Å². The molecule has 1 saturated heterocycles. The molecule has 0 aliphatic carbocycles. The highest BCUT2D eigenvalue weighted by molar-refractivity contribution is 5.90. The lowest BCUT2D eigenvalue weighted by Gasteiger charge is -2.35. The zero-order chi connectivity index (χ0) is 19.3. The van der Waals surface area contributed by atoms with Crippen molar-refractivity contribution in [2.45, 2.75) is 25.3 Å². The van der Waals surface area contributed by atoms with E-state index < -0.39 is 0 Å². The molecule has 3 aromatic rings. The first kappa shape index (κ1) is 18.4. The van der Waals surface area contributed by atoms with Crippen molar-refractivity contribution in [1.82, 2.24) is 5.32 Å². The number of nitrogens with zero attached hydrogens (tertiary/aromatic N) is 1. The van der Waals surface area contributed by atoms with E-state index in [4.69, 9.17) is 4.74 Å². The summed E-state index contributed by atoms with van der Waals surface area (Å²) in [5.41, 5.74) is 2.17. The largest absolute Gasteiger partial charge is 0.495 e. The molecule has 1 atom stereocenters. The van der Waals surface area contributed by atoms with Gasteiger partial charge in [0.1, 0.15) is 5.75 Å². The molecule has 28 heavy (non-hydrogen) atoms. The number of amides is 1. The molecule has 1 amide bonds. The second kappa shape index (κ2) is 8.34. The first-order valence-electron chi connectivity index (χ1n) is 9.88. The fourth-order valence-corrected chi connectivity index (χ4v) is 4.10. The number of benzene rings is 3. The molecule has 0 bridgehead atoms. The Kier molecular flexibility index (Phi) is 5.47. The predicted octanol–water partition coefficient (Wildman–Crippen LogP) is 4.18. The minimum absolute atomic E-state index is 0.0863. The second-order valence-corrected chi connectivity index (χ2v) is 7.34. The lowest BCUT2D eigenvalue weighted by Crippen LogP contribution is -2.48. The van der Waals surface area contributed by atoms with Crippen LogP contribution in [-0.4, -0.2) is 32.1 Å². The van der Waals surface area contributed by atoms with E-state index in [0.717, 1.165) is 48.3 Å². The van der Waals surface area contributed by atoms with Crippen molar-refractivity contribution in [1.29, 1.82) is 0 Å². The van der Waals surface area contributed by atoms with Crippen molar-refractivity contribution >= 4 is 22.4 Å². The van der Waals surface area contributed by atoms with Gasteiger partial charge in [0.05, 0.1) is 19.2 Å². The number of piperidine rings is 1. The quantitative estimate of drug-likeness (QED) is 0.729. The van der Waals surface area contributed by atoms with Gasteiger partial charge in [-0.05, 0) is 41.3 Å². The van der Waals surface area contributed by atoms with Gasteiger partial charge in [0.25, 0.3) is 0 Å². The van der Waals surface area contributed by atoms with Crippen LogP contribution in [0.15, 0.2) is 66.7 Å². The van der Waals surface area contributed by atoms with Gasteiger partial charge in [-0.2, -0.15) is 0 Å². The third-order valence-electron chi connectivity index (χ3n) is 5.44. The molecular formula is C24H26N2O2. The van der Waals surface area contributed by atoms with Crippen LogP contribution in [0.2, 0.25) is 0 Å². The molecule has 0 spiro atoms. The van der Waals surface area contributed by atoms with Crippen molar-refractivity contribution in [2.75, 3.05) is 25.1 Å². The molecule has 1 N–H and O–H groups in total. The van der Waals surface area contributed by atoms with Crippen molar-refractivity contribution in [3.05, 3.63) is 72.3 Å². The van der Waals surface area contributed by atoms with Crippen molar-refractivity contribution < 1.29 is 9.53 Å². The van der Waals surface area contributed by atoms with Crippen molar-refractivity contribution in [3.63, 3.8) is 0 Å². The Morgan fingerprint density at radius 2 is 1.86 bits per heavy atom. The summed E-state index contributed by atoms with van der Waals surface area (Å²) in [7, 11) is 1.70. The average Bonchev–Trinajstić information content (AvgIpc) is 2.74. The fourth-order valence-electron chi connectivity index (χ4n) is 4.10. The molecule has 1 fully saturated rings. The van der Waals surface area contributed by atoms with Gasteiger partial charge in [-0.1, -0.05) is 54.6 Å². The fraction of sp³-hybridized carbons (Fsp3) is 0.292. The summed E-state index contributed by atoms with van der Waals surface area (Å²) >= 11 is 0. The summed E-state index contributed by atoms with van der Waals surface area (Å²) in [4.78, 5) is 15.0. The van der Waals surface area contributed by atoms with Crippen LogP contribution in [0.4, 0.5) is 5.69 Å². The van der Waals surface area contributed by atoms with E-state index in [9.17, 15) is 4.79 Å². The number of hydrogen-bond donors (Lipinski definition) is 1. The van der Waals surface area contributed by atoms with Crippen molar-refractivity contribution in [2.24, 2.45) is 0 Å². The average molecular weight is 374 g/mol. The maximum absolute atomic E-state index is 12.7. The molecule has 1 unspecified atom stereocenters. The minimum Gasteiger partial charge on any atom is -0.495 e. The Hall–Kier alpha value is -3.01. The van der Waals surface area contributed by atoms with E-state index in [0.29, 0.717) is 6.42 Å². The normalized spacial score (nSPS) is 16.8. The highest BCUT2D eigenvalue weighted by atomic mass is 16.5. The highest BCUT2D eigenvalue weighted by Crippen LogP contribution is 2.30. The number of methoxy groups -OCH3 is 1. The Balaban J connectivity index is 1.43. The summed E-state index contributed by atoms with van der Waals surface area (Å²) < 4.78 is 5.51. The molecule has 1 aliphatic heterocycles. The van der Waals surface area contributed by atoms with Gasteiger partial charge >= 0.3 is 0 Å². The van der Waals surface area contributed by atoms with Gasteiger partial charge in [-0.15, -0.1) is 0 Å². The Morgan fingerprint density at radius 1 is 1.07 bits per heavy atom. The number of nitrogens with one attached hydrogen (secondary N) is 1. The smallest absolute Gasteiger partial charge is 0.224 e. The van der Waals surface area contributed by atoms with E-state index in [1.54, 1.807) is 7.11 Å². The third kappa shape index (κ3) is 3.96. The third-order valence-corrected chi connectivity index (χ3v) is 5.44. The summed E-state index contributed by atoms with van der Waals surface area (Å²) in [6.45, 7) is 1.79. The van der Waals surface area contributed by atoms with Crippen molar-refractivity contribution in [3.8, 4) is 5.75 Å². The number of hydrogen-bond acceptors (Lipinski definition) is 3. The standard InChI is InChI=1S/C24H26N2O2/c1-28-23-14-5-4-13-22(23)26-15-7-11-20(17-26)25-24(27)16-19-10-6-9-18-8-2-3-12-21(18)19/h2-6,8-10,12-14,20H,7,11,15-17H2,1H3,(H,25,27). The number of para-hydroxylation sites is 2. The highest BCUT2D eigenvalue weighted by Gasteiger charge is 2.23. The SMILES string of the molecule is COc1ccccc1N1CCCC(NC(=O)Cc2cccc3ccccc23)C1. The Morgan fingerprint density at radius 3 is 2.75 bits per heavy atom. The van der Waals surface area contributed by atoms with E-state index in [1.165, 1.54) is 5.39 Å². The number of anilines is 1. The maximum atomic E-state index is 12.7. The van der Waals surface area contributed by atoms with Crippen LogP contribution in [0.3, 0.4) is 0 Å². The number of ether oxygens (including phenoxy) is 1. The summed E-state index contributed by atoms with van der Waals surface area (Å²) in [6.07, 6.45) is 2.47. The van der Waals surface area contributed by atoms with Gasteiger partial charge in [-0.3, -0.25) is 4.79 Å². The van der Waals surface area contributed by atoms with Gasteiger partial charge in [0.15, 0.2) is 0 Å². The molecule has 4 rings (SSSR count).